The van der Waals surface area contributed by atoms with Gasteiger partial charge in [0, 0.05) is 50.3 Å². The van der Waals surface area contributed by atoms with E-state index in [1.54, 1.807) is 43.6 Å². The van der Waals surface area contributed by atoms with E-state index >= 15 is 0 Å². The van der Waals surface area contributed by atoms with E-state index < -0.39 is 23.0 Å². The lowest BCUT2D eigenvalue weighted by molar-refractivity contribution is 0.0923. The molecule has 0 bridgehead atoms. The van der Waals surface area contributed by atoms with Crippen LogP contribution in [0.2, 0.25) is 0 Å². The molecule has 13 heteroatoms. The predicted molar refractivity (Wildman–Crippen MR) is 171 cm³/mol. The number of aryl methyl sites for hydroxylation is 1. The first-order valence-electron chi connectivity index (χ1n) is 14.8. The Kier molecular flexibility index (Phi) is 9.27. The van der Waals surface area contributed by atoms with Crippen molar-refractivity contribution in [1.82, 2.24) is 14.1 Å². The van der Waals surface area contributed by atoms with E-state index in [1.165, 1.54) is 25.4 Å². The second kappa shape index (κ2) is 13.8. The van der Waals surface area contributed by atoms with Crippen LogP contribution in [-0.2, 0) is 22.9 Å². The average molecular weight is 643 g/mol. The fourth-order valence-electron chi connectivity index (χ4n) is 5.17. The summed E-state index contributed by atoms with van der Waals surface area (Å²) < 4.78 is 44.6. The summed E-state index contributed by atoms with van der Waals surface area (Å²) in [7, 11) is 3.03. The molecule has 47 heavy (non-hydrogen) atoms. The third-order valence-electron chi connectivity index (χ3n) is 7.44. The van der Waals surface area contributed by atoms with E-state index in [0.29, 0.717) is 79.0 Å². The van der Waals surface area contributed by atoms with Crippen LogP contribution in [0.1, 0.15) is 15.9 Å². The third kappa shape index (κ3) is 6.71. The molecule has 3 heterocycles. The molecule has 1 aliphatic heterocycles. The molecule has 12 nitrogen and oxygen atoms in total. The molecule has 1 N–H and O–H groups in total. The highest BCUT2D eigenvalue weighted by Gasteiger charge is 2.22. The molecule has 0 radical (unpaired) electrons. The number of nitrogens with one attached hydrogen (secondary N) is 1. The fraction of sp³-hybridized carbons (Fsp3) is 0.235. The van der Waals surface area contributed by atoms with Gasteiger partial charge in [0.25, 0.3) is 11.5 Å². The van der Waals surface area contributed by atoms with Crippen LogP contribution < -0.4 is 30.8 Å². The molecule has 0 saturated heterocycles. The van der Waals surface area contributed by atoms with E-state index in [0.717, 1.165) is 26.8 Å². The second-order valence-corrected chi connectivity index (χ2v) is 10.6. The summed E-state index contributed by atoms with van der Waals surface area (Å²) >= 11 is 0. The molecule has 242 valence electrons. The second-order valence-electron chi connectivity index (χ2n) is 10.6. The van der Waals surface area contributed by atoms with E-state index in [9.17, 15) is 18.8 Å². The number of hydrogen-bond acceptors (Lipinski definition) is 9. The van der Waals surface area contributed by atoms with Crippen molar-refractivity contribution in [3.8, 4) is 28.7 Å². The third-order valence-corrected chi connectivity index (χ3v) is 7.44. The van der Waals surface area contributed by atoms with Gasteiger partial charge in [-0.15, -0.1) is 0 Å². The quantitative estimate of drug-likeness (QED) is 0.235. The summed E-state index contributed by atoms with van der Waals surface area (Å²) in [6.07, 6.45) is 3.37. The van der Waals surface area contributed by atoms with Crippen molar-refractivity contribution in [3.05, 3.63) is 111 Å². The molecule has 2 aromatic heterocycles. The number of halogens is 1. The highest BCUT2D eigenvalue weighted by Crippen LogP contribution is 2.43. The zero-order chi connectivity index (χ0) is 32.9. The molecule has 6 rings (SSSR count). The summed E-state index contributed by atoms with van der Waals surface area (Å²) in [5.41, 5.74) is 0.214. The largest absolute Gasteiger partial charge is 0.491 e. The first-order chi connectivity index (χ1) is 22.8. The van der Waals surface area contributed by atoms with Crippen LogP contribution >= 0.6 is 0 Å². The number of carbonyl (C=O) groups excluding carboxylic acids is 1. The maximum atomic E-state index is 13.4. The van der Waals surface area contributed by atoms with E-state index in [2.05, 4.69) is 10.3 Å². The molecule has 1 amide bonds. The number of benzene rings is 3. The molecule has 0 unspecified atom stereocenters. The van der Waals surface area contributed by atoms with Crippen molar-refractivity contribution in [2.75, 3.05) is 45.5 Å². The fourth-order valence-corrected chi connectivity index (χ4v) is 5.17. The molecular formula is C34H31FN4O8. The topological polar surface area (TPSA) is 132 Å². The van der Waals surface area contributed by atoms with Gasteiger partial charge in [-0.2, -0.15) is 0 Å². The lowest BCUT2D eigenvalue weighted by atomic mass is 10.0. The lowest BCUT2D eigenvalue weighted by Crippen LogP contribution is -2.41. The van der Waals surface area contributed by atoms with Crippen LogP contribution in [0.5, 0.6) is 23.0 Å². The van der Waals surface area contributed by atoms with Crippen molar-refractivity contribution in [1.29, 1.82) is 0 Å². The Balaban J connectivity index is 1.26. The summed E-state index contributed by atoms with van der Waals surface area (Å²) in [6.45, 7) is 2.08. The van der Waals surface area contributed by atoms with Gasteiger partial charge in [-0.05, 0) is 54.6 Å². The maximum Gasteiger partial charge on any atom is 0.335 e. The monoisotopic (exact) mass is 642 g/mol. The number of pyridine rings is 1. The standard InChI is InChI=1S/C34H31FN4O8/c1-38-20-26(33(41)39(34(38)42)23-7-3-21(35)4-8-23)32(40)37-22-5-9-24(10-6-22)47-28-11-13-36-27-19-29(45-17-15-43-2)25-12-14-44-16-18-46-31(25)30(27)28/h3-11,13,19-20H,12,14-18H2,1-2H3,(H,37,40). The van der Waals surface area contributed by atoms with Gasteiger partial charge in [0.2, 0.25) is 0 Å². The van der Waals surface area contributed by atoms with E-state index in [4.69, 9.17) is 23.7 Å². The number of ether oxygens (including phenoxy) is 5. The van der Waals surface area contributed by atoms with Gasteiger partial charge in [0.1, 0.15) is 47.6 Å². The van der Waals surface area contributed by atoms with Gasteiger partial charge >= 0.3 is 5.69 Å². The lowest BCUT2D eigenvalue weighted by Gasteiger charge is -2.22. The molecule has 1 aliphatic rings. The van der Waals surface area contributed by atoms with Crippen molar-refractivity contribution in [2.45, 2.75) is 6.42 Å². The number of fused-ring (bicyclic) bond motifs is 3. The first kappa shape index (κ1) is 31.5. The zero-order valence-corrected chi connectivity index (χ0v) is 25.7. The summed E-state index contributed by atoms with van der Waals surface area (Å²) in [4.78, 5) is 43.6. The number of carbonyl (C=O) groups is 1. The van der Waals surface area contributed by atoms with Crippen LogP contribution in [0.4, 0.5) is 10.1 Å². The smallest absolute Gasteiger partial charge is 0.335 e. The maximum absolute atomic E-state index is 13.4. The number of amides is 1. The normalized spacial score (nSPS) is 12.8. The SMILES string of the molecule is COCCOc1cc2nccc(Oc3ccc(NC(=O)c4cn(C)c(=O)n(-c5ccc(F)cc5)c4=O)cc3)c2c2c1CCOCCO2. The Hall–Kier alpha value is -5.53. The van der Waals surface area contributed by atoms with Crippen molar-refractivity contribution in [3.63, 3.8) is 0 Å². The van der Waals surface area contributed by atoms with Crippen molar-refractivity contribution in [2.24, 2.45) is 7.05 Å². The van der Waals surface area contributed by atoms with Gasteiger partial charge in [-0.1, -0.05) is 0 Å². The van der Waals surface area contributed by atoms with Crippen LogP contribution in [0.15, 0.2) is 82.6 Å². The Morgan fingerprint density at radius 3 is 2.55 bits per heavy atom. The highest BCUT2D eigenvalue weighted by atomic mass is 19.1. The summed E-state index contributed by atoms with van der Waals surface area (Å²) in [5, 5.41) is 3.38. The first-order valence-corrected chi connectivity index (χ1v) is 14.8. The van der Waals surface area contributed by atoms with Crippen LogP contribution in [-0.4, -0.2) is 60.2 Å². The van der Waals surface area contributed by atoms with Gasteiger partial charge in [0.05, 0.1) is 36.4 Å². The molecule has 0 saturated carbocycles. The predicted octanol–water partition coefficient (Wildman–Crippen LogP) is 4.24. The van der Waals surface area contributed by atoms with E-state index in [1.807, 2.05) is 6.07 Å². The van der Waals surface area contributed by atoms with Gasteiger partial charge < -0.3 is 33.6 Å². The Morgan fingerprint density at radius 2 is 1.79 bits per heavy atom. The minimum atomic E-state index is -0.836. The molecular weight excluding hydrogens is 611 g/mol. The zero-order valence-electron chi connectivity index (χ0n) is 25.7. The molecule has 0 spiro atoms. The molecule has 0 fully saturated rings. The summed E-state index contributed by atoms with van der Waals surface area (Å²) in [6, 6.07) is 15.0. The van der Waals surface area contributed by atoms with Crippen LogP contribution in [0.25, 0.3) is 16.6 Å². The van der Waals surface area contributed by atoms with Crippen LogP contribution in [0.3, 0.4) is 0 Å². The minimum Gasteiger partial charge on any atom is -0.491 e. The minimum absolute atomic E-state index is 0.137. The molecule has 5 aromatic rings. The van der Waals surface area contributed by atoms with E-state index in [-0.39, 0.29) is 11.3 Å². The van der Waals surface area contributed by atoms with Crippen molar-refractivity contribution >= 4 is 22.5 Å². The van der Waals surface area contributed by atoms with Gasteiger partial charge in [0.15, 0.2) is 0 Å². The number of nitrogens with zero attached hydrogens (tertiary/aromatic N) is 3. The number of rotatable bonds is 9. The highest BCUT2D eigenvalue weighted by molar-refractivity contribution is 6.04. The van der Waals surface area contributed by atoms with Gasteiger partial charge in [-0.25, -0.2) is 13.8 Å². The Labute approximate surface area is 267 Å². The summed E-state index contributed by atoms with van der Waals surface area (Å²) in [5.74, 6) is 0.997. The number of hydrogen-bond donors (Lipinski definition) is 1. The Bertz CT molecular complexity index is 2040. The average Bonchev–Trinajstić information content (AvgIpc) is 3.05. The van der Waals surface area contributed by atoms with Crippen LogP contribution in [0, 0.1) is 5.82 Å². The number of anilines is 1. The molecule has 0 atom stereocenters. The molecule has 3 aromatic carbocycles. The number of methoxy groups -OCH3 is 1. The molecule has 0 aliphatic carbocycles. The number of aromatic nitrogens is 3. The van der Waals surface area contributed by atoms with Gasteiger partial charge in [-0.3, -0.25) is 14.6 Å². The Morgan fingerprint density at radius 1 is 1.00 bits per heavy atom. The van der Waals surface area contributed by atoms with Crippen molar-refractivity contribution < 1.29 is 32.9 Å².